The lowest BCUT2D eigenvalue weighted by Gasteiger charge is -2.16. The van der Waals surface area contributed by atoms with Crippen molar-refractivity contribution in [3.05, 3.63) is 57.9 Å². The van der Waals surface area contributed by atoms with Crippen LogP contribution < -0.4 is 5.32 Å². The number of nitrogens with one attached hydrogen (secondary N) is 1. The molecule has 2 N–H and O–H groups in total. The molecule has 0 aliphatic carbocycles. The van der Waals surface area contributed by atoms with Crippen molar-refractivity contribution in [3.63, 3.8) is 0 Å². The van der Waals surface area contributed by atoms with Crippen LogP contribution in [0.25, 0.3) is 0 Å². The Morgan fingerprint density at radius 2 is 1.75 bits per heavy atom. The SMILES string of the molecule is Cc1cc(C(=O)NC(C(=O)O)c2ccc(Cl)cc2)c(C)n1C(C)C. The second-order valence-corrected chi connectivity index (χ2v) is 6.48. The van der Waals surface area contributed by atoms with Crippen LogP contribution in [0.1, 0.15) is 53.2 Å². The number of hydrogen-bond acceptors (Lipinski definition) is 2. The molecular weight excluding hydrogens is 328 g/mol. The summed E-state index contributed by atoms with van der Waals surface area (Å²) in [4.78, 5) is 24.2. The number of carboxylic acids is 1. The molecule has 0 bridgehead atoms. The molecule has 5 nitrogen and oxygen atoms in total. The van der Waals surface area contributed by atoms with Crippen LogP contribution in [0, 0.1) is 13.8 Å². The number of nitrogens with zero attached hydrogens (tertiary/aromatic N) is 1. The summed E-state index contributed by atoms with van der Waals surface area (Å²) in [6, 6.07) is 7.27. The number of benzene rings is 1. The Balaban J connectivity index is 2.31. The lowest BCUT2D eigenvalue weighted by atomic mass is 10.1. The highest BCUT2D eigenvalue weighted by Gasteiger charge is 2.25. The standard InChI is InChI=1S/C18H21ClN2O3/c1-10(2)21-11(3)9-15(12(21)4)17(22)20-16(18(23)24)13-5-7-14(19)8-6-13/h5-10,16H,1-4H3,(H,20,22)(H,23,24). The van der Waals surface area contributed by atoms with Crippen LogP contribution in [0.2, 0.25) is 5.02 Å². The molecule has 24 heavy (non-hydrogen) atoms. The molecule has 0 fully saturated rings. The van der Waals surface area contributed by atoms with Crippen LogP contribution in [-0.4, -0.2) is 21.6 Å². The summed E-state index contributed by atoms with van der Waals surface area (Å²) in [7, 11) is 0. The lowest BCUT2D eigenvalue weighted by molar-refractivity contribution is -0.139. The summed E-state index contributed by atoms with van der Waals surface area (Å²) < 4.78 is 2.05. The number of aryl methyl sites for hydroxylation is 1. The smallest absolute Gasteiger partial charge is 0.330 e. The van der Waals surface area contributed by atoms with Crippen LogP contribution in [0.5, 0.6) is 0 Å². The van der Waals surface area contributed by atoms with E-state index in [4.69, 9.17) is 11.6 Å². The molecule has 1 atom stereocenters. The van der Waals surface area contributed by atoms with Crippen molar-refractivity contribution in [2.24, 2.45) is 0 Å². The van der Waals surface area contributed by atoms with Crippen molar-refractivity contribution in [2.75, 3.05) is 0 Å². The topological polar surface area (TPSA) is 71.3 Å². The fraction of sp³-hybridized carbons (Fsp3) is 0.333. The molecule has 0 saturated heterocycles. The minimum Gasteiger partial charge on any atom is -0.479 e. The van der Waals surface area contributed by atoms with Crippen molar-refractivity contribution in [3.8, 4) is 0 Å². The molecule has 1 aromatic heterocycles. The van der Waals surface area contributed by atoms with Gasteiger partial charge in [-0.1, -0.05) is 23.7 Å². The van der Waals surface area contributed by atoms with Gasteiger partial charge in [0.2, 0.25) is 0 Å². The summed E-state index contributed by atoms with van der Waals surface area (Å²) in [6.45, 7) is 7.86. The van der Waals surface area contributed by atoms with Gasteiger partial charge in [-0.05, 0) is 51.5 Å². The summed E-state index contributed by atoms with van der Waals surface area (Å²) in [5.74, 6) is -1.53. The molecule has 0 saturated carbocycles. The molecule has 6 heteroatoms. The Hall–Kier alpha value is -2.27. The summed E-state index contributed by atoms with van der Waals surface area (Å²) in [5.41, 5.74) is 2.74. The predicted octanol–water partition coefficient (Wildman–Crippen LogP) is 3.89. The number of aliphatic carboxylic acids is 1. The number of halogens is 1. The van der Waals surface area contributed by atoms with Gasteiger partial charge in [0.1, 0.15) is 0 Å². The van der Waals surface area contributed by atoms with Crippen LogP contribution in [0.4, 0.5) is 0 Å². The van der Waals surface area contributed by atoms with Crippen LogP contribution in [0.15, 0.2) is 30.3 Å². The van der Waals surface area contributed by atoms with E-state index in [1.54, 1.807) is 30.3 Å². The van der Waals surface area contributed by atoms with Gasteiger partial charge in [0, 0.05) is 22.5 Å². The Kier molecular flexibility index (Phi) is 5.34. The fourth-order valence-corrected chi connectivity index (χ4v) is 3.08. The van der Waals surface area contributed by atoms with Gasteiger partial charge >= 0.3 is 5.97 Å². The zero-order valence-corrected chi connectivity index (χ0v) is 14.9. The monoisotopic (exact) mass is 348 g/mol. The van der Waals surface area contributed by atoms with Crippen LogP contribution >= 0.6 is 11.6 Å². The number of carbonyl (C=O) groups excluding carboxylic acids is 1. The third-order valence-electron chi connectivity index (χ3n) is 3.97. The first-order chi connectivity index (χ1) is 11.2. The number of amides is 1. The first kappa shape index (κ1) is 18.1. The zero-order valence-electron chi connectivity index (χ0n) is 14.1. The van der Waals surface area contributed by atoms with Gasteiger partial charge in [0.15, 0.2) is 6.04 Å². The Morgan fingerprint density at radius 1 is 1.17 bits per heavy atom. The molecule has 2 aromatic rings. The number of hydrogen-bond donors (Lipinski definition) is 2. The maximum atomic E-state index is 12.6. The normalized spacial score (nSPS) is 12.2. The number of carbonyl (C=O) groups is 2. The quantitative estimate of drug-likeness (QED) is 0.860. The van der Waals surface area contributed by atoms with E-state index < -0.39 is 17.9 Å². The minimum absolute atomic E-state index is 0.220. The molecule has 1 amide bonds. The molecule has 0 radical (unpaired) electrons. The Morgan fingerprint density at radius 3 is 2.21 bits per heavy atom. The number of carboxylic acid groups (broad SMARTS) is 1. The summed E-state index contributed by atoms with van der Waals surface area (Å²) in [5, 5.41) is 12.6. The van der Waals surface area contributed by atoms with E-state index in [-0.39, 0.29) is 6.04 Å². The first-order valence-corrected chi connectivity index (χ1v) is 8.07. The van der Waals surface area contributed by atoms with E-state index >= 15 is 0 Å². The second kappa shape index (κ2) is 7.09. The van der Waals surface area contributed by atoms with Crippen molar-refractivity contribution in [2.45, 2.75) is 39.8 Å². The Bertz CT molecular complexity index is 763. The molecular formula is C18H21ClN2O3. The highest BCUT2D eigenvalue weighted by atomic mass is 35.5. The van der Waals surface area contributed by atoms with E-state index in [1.807, 2.05) is 32.3 Å². The maximum Gasteiger partial charge on any atom is 0.330 e. The maximum absolute atomic E-state index is 12.6. The highest BCUT2D eigenvalue weighted by Crippen LogP contribution is 2.22. The lowest BCUT2D eigenvalue weighted by Crippen LogP contribution is -2.34. The zero-order chi connectivity index (χ0) is 18.0. The summed E-state index contributed by atoms with van der Waals surface area (Å²) >= 11 is 5.83. The molecule has 1 unspecified atom stereocenters. The van der Waals surface area contributed by atoms with Gasteiger partial charge in [0.25, 0.3) is 5.91 Å². The largest absolute Gasteiger partial charge is 0.479 e. The first-order valence-electron chi connectivity index (χ1n) is 7.70. The van der Waals surface area contributed by atoms with Gasteiger partial charge in [-0.25, -0.2) is 4.79 Å². The predicted molar refractivity (Wildman–Crippen MR) is 93.6 cm³/mol. The molecule has 128 valence electrons. The Labute approximate surface area is 146 Å². The molecule has 2 rings (SSSR count). The van der Waals surface area contributed by atoms with Gasteiger partial charge in [0.05, 0.1) is 5.56 Å². The van der Waals surface area contributed by atoms with Crippen molar-refractivity contribution >= 4 is 23.5 Å². The van der Waals surface area contributed by atoms with E-state index in [0.29, 0.717) is 16.1 Å². The average Bonchev–Trinajstić information content (AvgIpc) is 2.80. The van der Waals surface area contributed by atoms with E-state index in [2.05, 4.69) is 5.32 Å². The van der Waals surface area contributed by atoms with Crippen molar-refractivity contribution < 1.29 is 14.7 Å². The highest BCUT2D eigenvalue weighted by molar-refractivity contribution is 6.30. The van der Waals surface area contributed by atoms with E-state index in [1.165, 1.54) is 0 Å². The van der Waals surface area contributed by atoms with Gasteiger partial charge < -0.3 is 15.0 Å². The fourth-order valence-electron chi connectivity index (χ4n) is 2.95. The average molecular weight is 349 g/mol. The number of aromatic nitrogens is 1. The second-order valence-electron chi connectivity index (χ2n) is 6.04. The molecule has 0 spiro atoms. The van der Waals surface area contributed by atoms with Crippen molar-refractivity contribution in [1.29, 1.82) is 0 Å². The minimum atomic E-state index is -1.13. The van der Waals surface area contributed by atoms with Gasteiger partial charge in [-0.15, -0.1) is 0 Å². The molecule has 0 aliphatic rings. The molecule has 0 aliphatic heterocycles. The molecule has 1 aromatic carbocycles. The van der Waals surface area contributed by atoms with Crippen LogP contribution in [0.3, 0.4) is 0 Å². The van der Waals surface area contributed by atoms with Gasteiger partial charge in [-0.2, -0.15) is 0 Å². The van der Waals surface area contributed by atoms with Crippen LogP contribution in [-0.2, 0) is 4.79 Å². The number of rotatable bonds is 5. The molecule has 1 heterocycles. The van der Waals surface area contributed by atoms with Crippen molar-refractivity contribution in [1.82, 2.24) is 9.88 Å². The third-order valence-corrected chi connectivity index (χ3v) is 4.22. The summed E-state index contributed by atoms with van der Waals surface area (Å²) in [6.07, 6.45) is 0. The van der Waals surface area contributed by atoms with Gasteiger partial charge in [-0.3, -0.25) is 4.79 Å². The third kappa shape index (κ3) is 3.62. The van der Waals surface area contributed by atoms with E-state index in [0.717, 1.165) is 11.4 Å². The van der Waals surface area contributed by atoms with E-state index in [9.17, 15) is 14.7 Å².